The van der Waals surface area contributed by atoms with Crippen LogP contribution in [-0.4, -0.2) is 30.3 Å². The molecule has 2 atom stereocenters. The third kappa shape index (κ3) is 0.805. The fourth-order valence-electron chi connectivity index (χ4n) is 1.61. The van der Waals surface area contributed by atoms with Gasteiger partial charge in [0.1, 0.15) is 12.3 Å². The number of allylic oxidation sites excluding steroid dienone is 1. The summed E-state index contributed by atoms with van der Waals surface area (Å²) in [5.74, 6) is 0. The Labute approximate surface area is 58.3 Å². The van der Waals surface area contributed by atoms with Crippen molar-refractivity contribution in [3.8, 4) is 0 Å². The Kier molecular flexibility index (Phi) is 1.19. The second-order valence-electron chi connectivity index (χ2n) is 2.88. The van der Waals surface area contributed by atoms with Crippen molar-refractivity contribution in [2.45, 2.75) is 18.8 Å². The van der Waals surface area contributed by atoms with Gasteiger partial charge < -0.3 is 4.90 Å². The first-order valence-corrected chi connectivity index (χ1v) is 3.49. The van der Waals surface area contributed by atoms with E-state index in [4.69, 9.17) is 0 Å². The number of nitrogens with zero attached hydrogens (tertiary/aromatic N) is 1. The lowest BCUT2D eigenvalue weighted by Gasteiger charge is -2.11. The van der Waals surface area contributed by atoms with Crippen LogP contribution in [0.5, 0.6) is 0 Å². The molecule has 0 saturated carbocycles. The van der Waals surface area contributed by atoms with E-state index in [1.165, 1.54) is 6.08 Å². The van der Waals surface area contributed by atoms with Crippen LogP contribution in [0.15, 0.2) is 11.8 Å². The molecule has 10 heavy (non-hydrogen) atoms. The Morgan fingerprint density at radius 1 is 1.40 bits per heavy atom. The standard InChI is InChI=1S/C7H9F2N/c8-5-1-7-2-6(9)4-10(7)3-5/h1,5-6H,2-4H2/t5?,6-/m0/s1. The number of hydrogen-bond donors (Lipinski definition) is 0. The van der Waals surface area contributed by atoms with Crippen molar-refractivity contribution >= 4 is 0 Å². The molecule has 0 radical (unpaired) electrons. The summed E-state index contributed by atoms with van der Waals surface area (Å²) in [6.07, 6.45) is 0.321. The minimum Gasteiger partial charge on any atom is -0.369 e. The number of alkyl halides is 2. The summed E-state index contributed by atoms with van der Waals surface area (Å²) in [5, 5.41) is 0. The zero-order valence-electron chi connectivity index (χ0n) is 5.56. The molecule has 1 nitrogen and oxygen atoms in total. The lowest BCUT2D eigenvalue weighted by molar-refractivity contribution is 0.272. The average Bonchev–Trinajstić information content (AvgIpc) is 2.21. The summed E-state index contributed by atoms with van der Waals surface area (Å²) in [6, 6.07) is 0. The number of hydrogen-bond acceptors (Lipinski definition) is 1. The number of rotatable bonds is 0. The Bertz CT molecular complexity index is 178. The predicted octanol–water partition coefficient (Wildman–Crippen LogP) is 1.27. The van der Waals surface area contributed by atoms with Gasteiger partial charge in [-0.25, -0.2) is 8.78 Å². The van der Waals surface area contributed by atoms with E-state index < -0.39 is 12.3 Å². The molecule has 2 rings (SSSR count). The minimum absolute atomic E-state index is 0.371. The normalized spacial score (nSPS) is 38.2. The van der Waals surface area contributed by atoms with Gasteiger partial charge in [-0.15, -0.1) is 0 Å². The Hall–Kier alpha value is -0.600. The van der Waals surface area contributed by atoms with Gasteiger partial charge in [-0.05, 0) is 6.08 Å². The molecule has 1 fully saturated rings. The maximum atomic E-state index is 12.6. The van der Waals surface area contributed by atoms with E-state index in [-0.39, 0.29) is 0 Å². The van der Waals surface area contributed by atoms with Gasteiger partial charge in [-0.2, -0.15) is 0 Å². The fraction of sp³-hybridized carbons (Fsp3) is 0.714. The van der Waals surface area contributed by atoms with Gasteiger partial charge in [0.15, 0.2) is 0 Å². The van der Waals surface area contributed by atoms with Crippen LogP contribution in [0.4, 0.5) is 8.78 Å². The van der Waals surface area contributed by atoms with Crippen LogP contribution in [0, 0.1) is 0 Å². The molecule has 2 aliphatic heterocycles. The molecular weight excluding hydrogens is 136 g/mol. The van der Waals surface area contributed by atoms with Gasteiger partial charge in [-0.3, -0.25) is 0 Å². The van der Waals surface area contributed by atoms with Crippen LogP contribution in [-0.2, 0) is 0 Å². The van der Waals surface area contributed by atoms with E-state index in [0.717, 1.165) is 5.70 Å². The van der Waals surface area contributed by atoms with Crippen molar-refractivity contribution < 1.29 is 8.78 Å². The first kappa shape index (κ1) is 6.13. The van der Waals surface area contributed by atoms with Gasteiger partial charge in [0.25, 0.3) is 0 Å². The summed E-state index contributed by atoms with van der Waals surface area (Å²) in [4.78, 5) is 1.79. The third-order valence-corrected chi connectivity index (χ3v) is 2.02. The van der Waals surface area contributed by atoms with Crippen LogP contribution < -0.4 is 0 Å². The highest BCUT2D eigenvalue weighted by Gasteiger charge is 2.32. The van der Waals surface area contributed by atoms with E-state index in [9.17, 15) is 8.78 Å². The summed E-state index contributed by atoms with van der Waals surface area (Å²) in [7, 11) is 0. The Morgan fingerprint density at radius 3 is 2.90 bits per heavy atom. The van der Waals surface area contributed by atoms with E-state index >= 15 is 0 Å². The van der Waals surface area contributed by atoms with E-state index in [1.54, 1.807) is 4.90 Å². The summed E-state index contributed by atoms with van der Waals surface area (Å²) in [5.41, 5.74) is 0.861. The molecular formula is C7H9F2N. The maximum Gasteiger partial charge on any atom is 0.138 e. The van der Waals surface area contributed by atoms with Gasteiger partial charge in [0.05, 0.1) is 6.54 Å². The van der Waals surface area contributed by atoms with Crippen LogP contribution in [0.25, 0.3) is 0 Å². The second kappa shape index (κ2) is 1.94. The Balaban J connectivity index is 2.14. The monoisotopic (exact) mass is 145 g/mol. The lowest BCUT2D eigenvalue weighted by Crippen LogP contribution is -2.21. The van der Waals surface area contributed by atoms with Crippen LogP contribution in [0.2, 0.25) is 0 Å². The second-order valence-corrected chi connectivity index (χ2v) is 2.88. The minimum atomic E-state index is -0.859. The van der Waals surface area contributed by atoms with Gasteiger partial charge in [-0.1, -0.05) is 0 Å². The highest BCUT2D eigenvalue weighted by molar-refractivity contribution is 5.17. The predicted molar refractivity (Wildman–Crippen MR) is 34.1 cm³/mol. The largest absolute Gasteiger partial charge is 0.369 e. The van der Waals surface area contributed by atoms with Crippen molar-refractivity contribution in [3.05, 3.63) is 11.8 Å². The van der Waals surface area contributed by atoms with Crippen molar-refractivity contribution in [1.29, 1.82) is 0 Å². The van der Waals surface area contributed by atoms with E-state index in [2.05, 4.69) is 0 Å². The average molecular weight is 145 g/mol. The highest BCUT2D eigenvalue weighted by atomic mass is 19.1. The molecule has 0 spiro atoms. The molecule has 3 heteroatoms. The molecule has 1 saturated heterocycles. The smallest absolute Gasteiger partial charge is 0.138 e. The highest BCUT2D eigenvalue weighted by Crippen LogP contribution is 2.29. The van der Waals surface area contributed by atoms with Crippen LogP contribution in [0.1, 0.15) is 6.42 Å². The zero-order valence-corrected chi connectivity index (χ0v) is 5.56. The lowest BCUT2D eigenvalue weighted by atomic mass is 10.2. The van der Waals surface area contributed by atoms with Crippen molar-refractivity contribution in [2.75, 3.05) is 13.1 Å². The quantitative estimate of drug-likeness (QED) is 0.496. The van der Waals surface area contributed by atoms with Crippen molar-refractivity contribution in [3.63, 3.8) is 0 Å². The van der Waals surface area contributed by atoms with Crippen molar-refractivity contribution in [2.24, 2.45) is 0 Å². The van der Waals surface area contributed by atoms with Crippen LogP contribution in [0.3, 0.4) is 0 Å². The van der Waals surface area contributed by atoms with Gasteiger partial charge >= 0.3 is 0 Å². The maximum absolute atomic E-state index is 12.6. The zero-order chi connectivity index (χ0) is 7.14. The van der Waals surface area contributed by atoms with Crippen molar-refractivity contribution in [1.82, 2.24) is 4.90 Å². The summed E-state index contributed by atoms with van der Waals surface area (Å²) in [6.45, 7) is 0.766. The number of halogens is 2. The fourth-order valence-corrected chi connectivity index (χ4v) is 1.61. The first-order chi connectivity index (χ1) is 4.75. The Morgan fingerprint density at radius 2 is 2.20 bits per heavy atom. The molecule has 2 aliphatic rings. The van der Waals surface area contributed by atoms with E-state index in [0.29, 0.717) is 19.5 Å². The number of fused-ring (bicyclic) bond motifs is 1. The van der Waals surface area contributed by atoms with Gasteiger partial charge in [0, 0.05) is 18.7 Å². The third-order valence-electron chi connectivity index (χ3n) is 2.02. The molecule has 0 aliphatic carbocycles. The SMILES string of the molecule is FC1C=C2C[C@H](F)CN2C1. The molecule has 0 aromatic carbocycles. The van der Waals surface area contributed by atoms with Gasteiger partial charge in [0.2, 0.25) is 0 Å². The molecule has 56 valence electrons. The summed E-state index contributed by atoms with van der Waals surface area (Å²) < 4.78 is 25.1. The molecule has 0 amide bonds. The molecule has 0 aromatic rings. The molecule has 2 heterocycles. The summed E-state index contributed by atoms with van der Waals surface area (Å²) >= 11 is 0. The van der Waals surface area contributed by atoms with E-state index in [1.807, 2.05) is 0 Å². The topological polar surface area (TPSA) is 3.24 Å². The van der Waals surface area contributed by atoms with Crippen LogP contribution >= 0.6 is 0 Å². The molecule has 1 unspecified atom stereocenters. The first-order valence-electron chi connectivity index (χ1n) is 3.49. The molecule has 0 aromatic heterocycles. The molecule has 0 bridgehead atoms. The molecule has 0 N–H and O–H groups in total.